The smallest absolute Gasteiger partial charge is 0 e. The van der Waals surface area contributed by atoms with Crippen molar-refractivity contribution in [1.82, 2.24) is 4.98 Å². The number of hydrogen-bond acceptors (Lipinski definition) is 0. The maximum atomic E-state index is 4.20. The van der Waals surface area contributed by atoms with E-state index >= 15 is 0 Å². The van der Waals surface area contributed by atoms with E-state index in [0.29, 0.717) is 0 Å². The van der Waals surface area contributed by atoms with E-state index in [-0.39, 0.29) is 20.1 Å². The molecule has 0 saturated heterocycles. The second kappa shape index (κ2) is 3.20. The van der Waals surface area contributed by atoms with Crippen molar-refractivity contribution < 1.29 is 20.1 Å². The fourth-order valence-electron chi connectivity index (χ4n) is 1.17. The molecule has 0 N–H and O–H groups in total. The number of rotatable bonds is 0. The second-order valence-electron chi connectivity index (χ2n) is 2.43. The van der Waals surface area contributed by atoms with Crippen molar-refractivity contribution >= 4 is 10.8 Å². The van der Waals surface area contributed by atoms with Crippen LogP contribution < -0.4 is 4.98 Å². The van der Waals surface area contributed by atoms with Crippen molar-refractivity contribution in [3.8, 4) is 0 Å². The molecule has 0 fully saturated rings. The Balaban J connectivity index is 0.000000605. The van der Waals surface area contributed by atoms with Gasteiger partial charge in [0.2, 0.25) is 0 Å². The van der Waals surface area contributed by atoms with Gasteiger partial charge in [-0.3, -0.25) is 0 Å². The number of nitrogens with zero attached hydrogens (tertiary/aromatic N) is 1. The molecule has 1 radical (unpaired) electrons. The van der Waals surface area contributed by atoms with Crippen molar-refractivity contribution in [2.75, 3.05) is 0 Å². The molecule has 1 aromatic carbocycles. The minimum absolute atomic E-state index is 0. The summed E-state index contributed by atoms with van der Waals surface area (Å²) < 4.78 is 0. The van der Waals surface area contributed by atoms with Gasteiger partial charge in [-0.05, 0) is 10.8 Å². The predicted octanol–water partition coefficient (Wildman–Crippen LogP) is 2.10. The van der Waals surface area contributed by atoms with E-state index in [9.17, 15) is 0 Å². The summed E-state index contributed by atoms with van der Waals surface area (Å²) in [5.74, 6) is 0. The molecule has 2 rings (SSSR count). The summed E-state index contributed by atoms with van der Waals surface area (Å²) in [6, 6.07) is 8.24. The molecule has 0 aliphatic carbocycles. The molecule has 0 unspecified atom stereocenters. The van der Waals surface area contributed by atoms with E-state index in [1.807, 2.05) is 25.3 Å². The Hall–Kier alpha value is -0.591. The van der Waals surface area contributed by atoms with Crippen molar-refractivity contribution in [3.63, 3.8) is 0 Å². The maximum Gasteiger partial charge on any atom is 0 e. The van der Waals surface area contributed by atoms with Gasteiger partial charge in [0.15, 0.2) is 0 Å². The van der Waals surface area contributed by atoms with Crippen LogP contribution >= 0.6 is 0 Å². The monoisotopic (exact) mass is 323 g/mol. The topological polar surface area (TPSA) is 14.1 Å². The van der Waals surface area contributed by atoms with Gasteiger partial charge >= 0.3 is 0 Å². The first-order valence-corrected chi connectivity index (χ1v) is 3.35. The molecule has 0 amide bonds. The fraction of sp³-hybridized carbons (Fsp3) is 0.111. The largest absolute Gasteiger partial charge is 0.667 e. The second-order valence-corrected chi connectivity index (χ2v) is 2.43. The summed E-state index contributed by atoms with van der Waals surface area (Å²) >= 11 is 0. The summed E-state index contributed by atoms with van der Waals surface area (Å²) in [7, 11) is 0. The van der Waals surface area contributed by atoms with Crippen LogP contribution in [0.5, 0.6) is 0 Å². The molecule has 2 aromatic rings. The zero-order valence-corrected chi connectivity index (χ0v) is 8.56. The molecule has 2 heteroatoms. The Morgan fingerprint density at radius 1 is 1.18 bits per heavy atom. The Morgan fingerprint density at radius 3 is 2.64 bits per heavy atom. The number of benzene rings is 1. The van der Waals surface area contributed by atoms with Gasteiger partial charge in [0.05, 0.1) is 0 Å². The molecular weight excluding hydrogens is 314 g/mol. The molecule has 0 atom stereocenters. The summed E-state index contributed by atoms with van der Waals surface area (Å²) in [5, 5.41) is 2.50. The molecule has 1 heterocycles. The Labute approximate surface area is 79.2 Å². The molecule has 0 aliphatic rings. The Morgan fingerprint density at radius 2 is 1.91 bits per heavy atom. The minimum atomic E-state index is 0. The molecule has 11 heavy (non-hydrogen) atoms. The summed E-state index contributed by atoms with van der Waals surface area (Å²) in [6.45, 7) is 2.03. The van der Waals surface area contributed by atoms with Gasteiger partial charge in [-0.25, -0.2) is 0 Å². The van der Waals surface area contributed by atoms with E-state index in [2.05, 4.69) is 17.1 Å². The standard InChI is InChI=1S/C9H8N.Ir/c1-7-9-5-3-2-4-8(9)6-10-7;/h2-6H,1H3;/q-1;. The molecular formula is C9H8IrN-. The van der Waals surface area contributed by atoms with Gasteiger partial charge in [-0.1, -0.05) is 31.2 Å². The molecule has 0 aliphatic heterocycles. The molecule has 1 nitrogen and oxygen atoms in total. The Bertz CT molecular complexity index is 351. The minimum Gasteiger partial charge on any atom is -0.667 e. The van der Waals surface area contributed by atoms with Crippen LogP contribution in [0.25, 0.3) is 10.8 Å². The van der Waals surface area contributed by atoms with Crippen LogP contribution in [0.3, 0.4) is 0 Å². The van der Waals surface area contributed by atoms with Crippen LogP contribution in [0.1, 0.15) is 5.69 Å². The van der Waals surface area contributed by atoms with Crippen LogP contribution in [0.15, 0.2) is 30.5 Å². The van der Waals surface area contributed by atoms with E-state index in [1.54, 1.807) is 0 Å². The molecule has 0 bridgehead atoms. The van der Waals surface area contributed by atoms with Crippen molar-refractivity contribution in [1.29, 1.82) is 0 Å². The van der Waals surface area contributed by atoms with E-state index < -0.39 is 0 Å². The molecule has 59 valence electrons. The van der Waals surface area contributed by atoms with Gasteiger partial charge < -0.3 is 4.98 Å². The van der Waals surface area contributed by atoms with Gasteiger partial charge in [0.1, 0.15) is 0 Å². The maximum absolute atomic E-state index is 4.20. The van der Waals surface area contributed by atoms with Crippen molar-refractivity contribution in [3.05, 3.63) is 36.2 Å². The van der Waals surface area contributed by atoms with Crippen LogP contribution in [-0.2, 0) is 20.1 Å². The summed E-state index contributed by atoms with van der Waals surface area (Å²) in [6.07, 6.45) is 1.91. The van der Waals surface area contributed by atoms with E-state index in [0.717, 1.165) is 5.69 Å². The van der Waals surface area contributed by atoms with Crippen molar-refractivity contribution in [2.24, 2.45) is 0 Å². The number of aryl methyl sites for hydroxylation is 1. The average molecular weight is 322 g/mol. The average Bonchev–Trinajstić information content (AvgIpc) is 2.34. The van der Waals surface area contributed by atoms with Gasteiger partial charge in [0, 0.05) is 20.1 Å². The SMILES string of the molecule is Cc1[n-]cc2ccccc12.[Ir]. The number of aromatic nitrogens is 1. The molecule has 0 saturated carbocycles. The van der Waals surface area contributed by atoms with Crippen LogP contribution in [-0.4, -0.2) is 0 Å². The zero-order chi connectivity index (χ0) is 6.97. The summed E-state index contributed by atoms with van der Waals surface area (Å²) in [4.78, 5) is 4.20. The first-order valence-electron chi connectivity index (χ1n) is 3.35. The van der Waals surface area contributed by atoms with Crippen molar-refractivity contribution in [2.45, 2.75) is 6.92 Å². The third-order valence-corrected chi connectivity index (χ3v) is 1.75. The van der Waals surface area contributed by atoms with Crippen LogP contribution in [0, 0.1) is 6.92 Å². The number of hydrogen-bond donors (Lipinski definition) is 0. The fourth-order valence-corrected chi connectivity index (χ4v) is 1.17. The molecule has 1 aromatic heterocycles. The van der Waals surface area contributed by atoms with Gasteiger partial charge in [0.25, 0.3) is 0 Å². The van der Waals surface area contributed by atoms with Gasteiger partial charge in [-0.2, -0.15) is 11.9 Å². The Kier molecular flexibility index (Phi) is 2.48. The first kappa shape index (κ1) is 8.51. The first-order chi connectivity index (χ1) is 4.88. The molecule has 0 spiro atoms. The van der Waals surface area contributed by atoms with E-state index in [1.165, 1.54) is 10.8 Å². The van der Waals surface area contributed by atoms with Crippen LogP contribution in [0.2, 0.25) is 0 Å². The zero-order valence-electron chi connectivity index (χ0n) is 6.17. The van der Waals surface area contributed by atoms with Crippen LogP contribution in [0.4, 0.5) is 0 Å². The summed E-state index contributed by atoms with van der Waals surface area (Å²) in [5.41, 5.74) is 1.12. The normalized spacial score (nSPS) is 9.55. The predicted molar refractivity (Wildman–Crippen MR) is 42.0 cm³/mol. The quantitative estimate of drug-likeness (QED) is 0.724. The number of fused-ring (bicyclic) bond motifs is 1. The third-order valence-electron chi connectivity index (χ3n) is 1.75. The van der Waals surface area contributed by atoms with Gasteiger partial charge in [-0.15, -0.1) is 0 Å². The van der Waals surface area contributed by atoms with E-state index in [4.69, 9.17) is 0 Å². The third kappa shape index (κ3) is 1.37.